The van der Waals surface area contributed by atoms with E-state index in [2.05, 4.69) is 15.4 Å². The van der Waals surface area contributed by atoms with Crippen LogP contribution < -0.4 is 10.1 Å². The molecule has 1 N–H and O–H groups in total. The molecule has 0 saturated carbocycles. The lowest BCUT2D eigenvalue weighted by Crippen LogP contribution is -2.18. The third-order valence-corrected chi connectivity index (χ3v) is 5.68. The fourth-order valence-electron chi connectivity index (χ4n) is 3.89. The third kappa shape index (κ3) is 5.41. The Morgan fingerprint density at radius 1 is 0.974 bits per heavy atom. The molecule has 8 nitrogen and oxygen atoms in total. The molecule has 11 heteroatoms. The minimum Gasteiger partial charge on any atom is -0.457 e. The maximum Gasteiger partial charge on any atom is 0.416 e. The van der Waals surface area contributed by atoms with E-state index in [1.165, 1.54) is 29.1 Å². The number of ketones is 1. The number of amides is 1. The fraction of sp³-hybridized carbons (Fsp3) is 0.111. The van der Waals surface area contributed by atoms with Gasteiger partial charge in [0.2, 0.25) is 0 Å². The molecule has 0 aliphatic rings. The molecule has 0 radical (unpaired) electrons. The SMILES string of the molecule is Cn1ccc(CC(=O)c2cc(Oc3ccc4c(ccn4C(=O)Nc4cccc(C(F)(F)F)c4)c3)ccn2)n1. The maximum atomic E-state index is 13.0. The van der Waals surface area contributed by atoms with Crippen LogP contribution in [-0.4, -0.2) is 31.1 Å². The van der Waals surface area contributed by atoms with Crippen LogP contribution in [-0.2, 0) is 19.6 Å². The summed E-state index contributed by atoms with van der Waals surface area (Å²) in [6.45, 7) is 0. The van der Waals surface area contributed by atoms with Crippen molar-refractivity contribution in [2.24, 2.45) is 7.05 Å². The van der Waals surface area contributed by atoms with Crippen molar-refractivity contribution in [1.82, 2.24) is 19.3 Å². The summed E-state index contributed by atoms with van der Waals surface area (Å²) in [7, 11) is 1.77. The molecule has 0 unspecified atom stereocenters. The summed E-state index contributed by atoms with van der Waals surface area (Å²) < 4.78 is 47.8. The normalized spacial score (nSPS) is 11.5. The number of fused-ring (bicyclic) bond motifs is 1. The smallest absolute Gasteiger partial charge is 0.416 e. The Labute approximate surface area is 214 Å². The molecular weight excluding hydrogens is 499 g/mol. The molecule has 0 atom stereocenters. The summed E-state index contributed by atoms with van der Waals surface area (Å²) in [5.41, 5.74) is 0.581. The van der Waals surface area contributed by atoms with E-state index < -0.39 is 17.8 Å². The number of pyridine rings is 1. The number of carbonyl (C=O) groups excluding carboxylic acids is 2. The van der Waals surface area contributed by atoms with Crippen molar-refractivity contribution in [2.45, 2.75) is 12.6 Å². The van der Waals surface area contributed by atoms with Gasteiger partial charge in [-0.3, -0.25) is 19.0 Å². The molecule has 3 heterocycles. The van der Waals surface area contributed by atoms with Crippen molar-refractivity contribution in [3.8, 4) is 11.5 Å². The second-order valence-corrected chi connectivity index (χ2v) is 8.47. The summed E-state index contributed by atoms with van der Waals surface area (Å²) in [6, 6.07) is 15.4. The van der Waals surface area contributed by atoms with Crippen LogP contribution in [0.1, 0.15) is 21.7 Å². The number of aromatic nitrogens is 4. The Kier molecular flexibility index (Phi) is 6.41. The van der Waals surface area contributed by atoms with Crippen molar-refractivity contribution < 1.29 is 27.5 Å². The Balaban J connectivity index is 1.30. The number of rotatable bonds is 6. The summed E-state index contributed by atoms with van der Waals surface area (Å²) in [5.74, 6) is 0.668. The lowest BCUT2D eigenvalue weighted by molar-refractivity contribution is -0.137. The van der Waals surface area contributed by atoms with Crippen LogP contribution in [0.15, 0.2) is 85.3 Å². The highest BCUT2D eigenvalue weighted by molar-refractivity contribution is 5.99. The Morgan fingerprint density at radius 3 is 2.55 bits per heavy atom. The van der Waals surface area contributed by atoms with E-state index in [4.69, 9.17) is 4.74 Å². The number of anilines is 1. The Bertz CT molecular complexity index is 1660. The van der Waals surface area contributed by atoms with E-state index in [0.29, 0.717) is 28.1 Å². The number of benzene rings is 2. The minimum absolute atomic E-state index is 0.0257. The quantitative estimate of drug-likeness (QED) is 0.274. The van der Waals surface area contributed by atoms with Crippen LogP contribution in [0.3, 0.4) is 0 Å². The van der Waals surface area contributed by atoms with E-state index in [0.717, 1.165) is 12.1 Å². The molecular formula is C27H20F3N5O3. The van der Waals surface area contributed by atoms with Crippen LogP contribution in [0.25, 0.3) is 10.9 Å². The molecule has 1 amide bonds. The number of nitrogens with one attached hydrogen (secondary N) is 1. The summed E-state index contributed by atoms with van der Waals surface area (Å²) in [5, 5.41) is 7.36. The largest absolute Gasteiger partial charge is 0.457 e. The van der Waals surface area contributed by atoms with Gasteiger partial charge in [0.25, 0.3) is 0 Å². The molecule has 0 spiro atoms. The molecule has 0 aliphatic heterocycles. The number of hydrogen-bond donors (Lipinski definition) is 1. The van der Waals surface area contributed by atoms with E-state index in [1.54, 1.807) is 60.4 Å². The zero-order valence-electron chi connectivity index (χ0n) is 19.9. The molecule has 0 bridgehead atoms. The first-order chi connectivity index (χ1) is 18.2. The van der Waals surface area contributed by atoms with Crippen molar-refractivity contribution >= 4 is 28.4 Å². The minimum atomic E-state index is -4.51. The number of halogens is 3. The van der Waals surface area contributed by atoms with Crippen LogP contribution in [0.4, 0.5) is 23.7 Å². The Morgan fingerprint density at radius 2 is 1.79 bits per heavy atom. The molecule has 0 aliphatic carbocycles. The maximum absolute atomic E-state index is 13.0. The predicted molar refractivity (Wildman–Crippen MR) is 133 cm³/mol. The van der Waals surface area contributed by atoms with Crippen molar-refractivity contribution in [1.29, 1.82) is 0 Å². The molecule has 5 rings (SSSR count). The average molecular weight is 519 g/mol. The first-order valence-corrected chi connectivity index (χ1v) is 11.4. The van der Waals surface area contributed by atoms with Gasteiger partial charge in [0.15, 0.2) is 5.78 Å². The van der Waals surface area contributed by atoms with Crippen LogP contribution >= 0.6 is 0 Å². The van der Waals surface area contributed by atoms with Gasteiger partial charge in [-0.25, -0.2) is 4.79 Å². The highest BCUT2D eigenvalue weighted by atomic mass is 19.4. The average Bonchev–Trinajstić information content (AvgIpc) is 3.49. The second-order valence-electron chi connectivity index (χ2n) is 8.47. The number of Topliss-reactive ketones (excluding diaryl/α,β-unsaturated/α-hetero) is 1. The molecule has 2 aromatic carbocycles. The summed E-state index contributed by atoms with van der Waals surface area (Å²) in [6.07, 6.45) is 0.346. The van der Waals surface area contributed by atoms with Crippen molar-refractivity contribution in [3.63, 3.8) is 0 Å². The van der Waals surface area contributed by atoms with Gasteiger partial charge >= 0.3 is 12.2 Å². The summed E-state index contributed by atoms with van der Waals surface area (Å²) >= 11 is 0. The molecule has 0 fully saturated rings. The zero-order chi connectivity index (χ0) is 26.9. The third-order valence-electron chi connectivity index (χ3n) is 5.68. The lowest BCUT2D eigenvalue weighted by atomic mass is 10.1. The molecule has 0 saturated heterocycles. The molecule has 38 heavy (non-hydrogen) atoms. The zero-order valence-corrected chi connectivity index (χ0v) is 19.9. The topological polar surface area (TPSA) is 91.0 Å². The standard InChI is InChI=1S/C27H20F3N5O3/c1-34-11-9-20(33-34)15-25(36)23-16-22(7-10-31-23)38-21-5-6-24-17(13-21)8-12-35(24)26(37)32-19-4-2-3-18(14-19)27(28,29)30/h2-14,16H,15H2,1H3,(H,32,37). The van der Waals surface area contributed by atoms with Gasteiger partial charge < -0.3 is 10.1 Å². The van der Waals surface area contributed by atoms with E-state index in [9.17, 15) is 22.8 Å². The second kappa shape index (κ2) is 9.85. The fourth-order valence-corrected chi connectivity index (χ4v) is 3.89. The van der Waals surface area contributed by atoms with E-state index in [-0.39, 0.29) is 23.6 Å². The number of ether oxygens (including phenoxy) is 1. The van der Waals surface area contributed by atoms with Gasteiger partial charge in [-0.2, -0.15) is 18.3 Å². The first kappa shape index (κ1) is 24.8. The van der Waals surface area contributed by atoms with Crippen LogP contribution in [0.5, 0.6) is 11.5 Å². The van der Waals surface area contributed by atoms with Gasteiger partial charge in [0, 0.05) is 42.8 Å². The monoisotopic (exact) mass is 519 g/mol. The molecule has 192 valence electrons. The number of aryl methyl sites for hydroxylation is 1. The van der Waals surface area contributed by atoms with Gasteiger partial charge in [-0.05, 0) is 54.6 Å². The number of alkyl halides is 3. The number of hydrogen-bond acceptors (Lipinski definition) is 5. The van der Waals surface area contributed by atoms with Crippen LogP contribution in [0.2, 0.25) is 0 Å². The van der Waals surface area contributed by atoms with Gasteiger partial charge in [-0.15, -0.1) is 0 Å². The molecule has 5 aromatic rings. The predicted octanol–water partition coefficient (Wildman–Crippen LogP) is 6.09. The summed E-state index contributed by atoms with van der Waals surface area (Å²) in [4.78, 5) is 29.5. The van der Waals surface area contributed by atoms with Gasteiger partial charge in [0.1, 0.15) is 17.2 Å². The van der Waals surface area contributed by atoms with Crippen molar-refractivity contribution in [3.05, 3.63) is 102 Å². The van der Waals surface area contributed by atoms with Gasteiger partial charge in [-0.1, -0.05) is 6.07 Å². The number of carbonyl (C=O) groups is 2. The lowest BCUT2D eigenvalue weighted by Gasteiger charge is -2.11. The number of nitrogens with zero attached hydrogens (tertiary/aromatic N) is 4. The van der Waals surface area contributed by atoms with E-state index >= 15 is 0 Å². The molecule has 3 aromatic heterocycles. The first-order valence-electron chi connectivity index (χ1n) is 11.4. The van der Waals surface area contributed by atoms with Crippen molar-refractivity contribution in [2.75, 3.05) is 5.32 Å². The van der Waals surface area contributed by atoms with Crippen LogP contribution in [0, 0.1) is 0 Å². The highest BCUT2D eigenvalue weighted by Crippen LogP contribution is 2.31. The highest BCUT2D eigenvalue weighted by Gasteiger charge is 2.30. The Hall–Kier alpha value is -4.93. The van der Waals surface area contributed by atoms with Gasteiger partial charge in [0.05, 0.1) is 23.2 Å². The van der Waals surface area contributed by atoms with E-state index in [1.807, 2.05) is 0 Å².